The molecule has 0 aliphatic rings. The number of aryl methyl sites for hydroxylation is 2. The highest BCUT2D eigenvalue weighted by atomic mass is 32.1. The Kier molecular flexibility index (Phi) is 2.21. The number of hydrogen-bond donors (Lipinski definition) is 1. The molecular formula is C10H10N2OS. The lowest BCUT2D eigenvalue weighted by molar-refractivity contribution is 1.21. The molecule has 0 saturated carbocycles. The van der Waals surface area contributed by atoms with Crippen molar-refractivity contribution in [2.24, 2.45) is 0 Å². The first kappa shape index (κ1) is 9.15. The Balaban J connectivity index is 2.66. The molecule has 2 aromatic rings. The van der Waals surface area contributed by atoms with Crippen LogP contribution in [0.25, 0.3) is 10.4 Å². The Morgan fingerprint density at radius 2 is 2.21 bits per heavy atom. The zero-order valence-corrected chi connectivity index (χ0v) is 8.81. The van der Waals surface area contributed by atoms with E-state index in [1.807, 2.05) is 19.9 Å². The van der Waals surface area contributed by atoms with Crippen LogP contribution in [0.4, 0.5) is 0 Å². The summed E-state index contributed by atoms with van der Waals surface area (Å²) in [6.45, 7) is 3.90. The fraction of sp³-hybridized carbons (Fsp3) is 0.200. The van der Waals surface area contributed by atoms with Crippen molar-refractivity contribution in [3.8, 4) is 10.4 Å². The second-order valence-corrected chi connectivity index (χ2v) is 4.14. The van der Waals surface area contributed by atoms with Crippen LogP contribution in [0.3, 0.4) is 0 Å². The van der Waals surface area contributed by atoms with E-state index in [1.165, 1.54) is 11.3 Å². The van der Waals surface area contributed by atoms with Gasteiger partial charge in [-0.1, -0.05) is 11.3 Å². The number of H-pyrrole nitrogens is 1. The molecule has 0 radical (unpaired) electrons. The van der Waals surface area contributed by atoms with Crippen LogP contribution in [-0.4, -0.2) is 9.97 Å². The maximum Gasteiger partial charge on any atom is 0.305 e. The summed E-state index contributed by atoms with van der Waals surface area (Å²) >= 11 is 1.24. The summed E-state index contributed by atoms with van der Waals surface area (Å²) in [7, 11) is 0. The summed E-state index contributed by atoms with van der Waals surface area (Å²) in [6, 6.07) is 1.93. The number of hydrogen-bond acceptors (Lipinski definition) is 3. The summed E-state index contributed by atoms with van der Waals surface area (Å²) in [5.41, 5.74) is 3.10. The van der Waals surface area contributed by atoms with E-state index in [2.05, 4.69) is 9.97 Å². The smallest absolute Gasteiger partial charge is 0.305 e. The number of pyridine rings is 1. The first-order chi connectivity index (χ1) is 6.68. The van der Waals surface area contributed by atoms with Crippen molar-refractivity contribution < 1.29 is 0 Å². The van der Waals surface area contributed by atoms with Crippen molar-refractivity contribution >= 4 is 11.3 Å². The van der Waals surface area contributed by atoms with Crippen LogP contribution in [0.5, 0.6) is 0 Å². The van der Waals surface area contributed by atoms with Gasteiger partial charge in [-0.15, -0.1) is 0 Å². The predicted octanol–water partition coefficient (Wildman–Crippen LogP) is 2.12. The van der Waals surface area contributed by atoms with Gasteiger partial charge < -0.3 is 4.98 Å². The lowest BCUT2D eigenvalue weighted by atomic mass is 10.1. The molecule has 0 bridgehead atoms. The molecule has 0 spiro atoms. The van der Waals surface area contributed by atoms with Crippen molar-refractivity contribution in [2.45, 2.75) is 13.8 Å². The predicted molar refractivity (Wildman–Crippen MR) is 57.6 cm³/mol. The van der Waals surface area contributed by atoms with Crippen molar-refractivity contribution in [3.63, 3.8) is 0 Å². The average molecular weight is 206 g/mol. The Labute approximate surface area is 85.5 Å². The Morgan fingerprint density at radius 3 is 2.79 bits per heavy atom. The molecule has 0 aliphatic carbocycles. The topological polar surface area (TPSA) is 45.8 Å². The van der Waals surface area contributed by atoms with E-state index < -0.39 is 0 Å². The van der Waals surface area contributed by atoms with E-state index in [4.69, 9.17) is 0 Å². The molecule has 3 nitrogen and oxygen atoms in total. The molecule has 14 heavy (non-hydrogen) atoms. The summed E-state index contributed by atoms with van der Waals surface area (Å²) in [6.07, 6.45) is 3.55. The first-order valence-corrected chi connectivity index (χ1v) is 5.11. The Hall–Kier alpha value is -1.42. The fourth-order valence-corrected chi connectivity index (χ4v) is 2.32. The molecule has 2 heterocycles. The number of nitrogens with zero attached hydrogens (tertiary/aromatic N) is 1. The molecule has 2 aromatic heterocycles. The summed E-state index contributed by atoms with van der Waals surface area (Å²) in [5, 5.41) is 0. The minimum absolute atomic E-state index is 0.00582. The average Bonchev–Trinajstić information content (AvgIpc) is 2.46. The maximum absolute atomic E-state index is 11.1. The van der Waals surface area contributed by atoms with Crippen LogP contribution in [0.2, 0.25) is 0 Å². The normalized spacial score (nSPS) is 10.4. The minimum atomic E-state index is -0.00582. The Morgan fingerprint density at radius 1 is 1.43 bits per heavy atom. The third-order valence-electron chi connectivity index (χ3n) is 2.09. The molecule has 0 aliphatic heterocycles. The van der Waals surface area contributed by atoms with E-state index in [0.29, 0.717) is 0 Å². The second-order valence-electron chi connectivity index (χ2n) is 3.16. The van der Waals surface area contributed by atoms with Crippen molar-refractivity contribution in [3.05, 3.63) is 39.4 Å². The van der Waals surface area contributed by atoms with Crippen molar-refractivity contribution in [1.29, 1.82) is 0 Å². The standard InChI is InChI=1S/C10H10N2OS/c1-6-5-11-4-3-8(6)9-7(2)12-10(13)14-9/h3-5H,1-2H3,(H,12,13). The molecule has 0 fully saturated rings. The molecule has 72 valence electrons. The van der Waals surface area contributed by atoms with Gasteiger partial charge in [-0.05, 0) is 31.0 Å². The number of aromatic amines is 1. The fourth-order valence-electron chi connectivity index (χ4n) is 1.39. The molecule has 0 unspecified atom stereocenters. The van der Waals surface area contributed by atoms with Crippen LogP contribution in [0.1, 0.15) is 11.3 Å². The second kappa shape index (κ2) is 3.38. The van der Waals surface area contributed by atoms with E-state index in [-0.39, 0.29) is 4.87 Å². The van der Waals surface area contributed by atoms with Gasteiger partial charge in [-0.3, -0.25) is 9.78 Å². The number of nitrogens with one attached hydrogen (secondary N) is 1. The summed E-state index contributed by atoms with van der Waals surface area (Å²) < 4.78 is 0. The molecule has 0 atom stereocenters. The van der Waals surface area contributed by atoms with Gasteiger partial charge in [0.25, 0.3) is 0 Å². The number of rotatable bonds is 1. The highest BCUT2D eigenvalue weighted by molar-refractivity contribution is 7.13. The SMILES string of the molecule is Cc1cnccc1-c1sc(=O)[nH]c1C. The minimum Gasteiger partial charge on any atom is -0.316 e. The molecular weight excluding hydrogens is 196 g/mol. The van der Waals surface area contributed by atoms with E-state index in [0.717, 1.165) is 21.7 Å². The van der Waals surface area contributed by atoms with E-state index >= 15 is 0 Å². The lowest BCUT2D eigenvalue weighted by Gasteiger charge is -2.01. The monoisotopic (exact) mass is 206 g/mol. The molecule has 0 saturated heterocycles. The molecule has 1 N–H and O–H groups in total. The highest BCUT2D eigenvalue weighted by Gasteiger charge is 2.08. The third kappa shape index (κ3) is 1.48. The van der Waals surface area contributed by atoms with Crippen LogP contribution >= 0.6 is 11.3 Å². The molecule has 0 aromatic carbocycles. The first-order valence-electron chi connectivity index (χ1n) is 4.29. The van der Waals surface area contributed by atoms with Gasteiger partial charge in [0.1, 0.15) is 0 Å². The maximum atomic E-state index is 11.1. The Bertz CT molecular complexity index is 513. The number of aromatic nitrogens is 2. The van der Waals surface area contributed by atoms with Crippen LogP contribution in [0.15, 0.2) is 23.3 Å². The number of thiazole rings is 1. The van der Waals surface area contributed by atoms with Gasteiger partial charge in [0, 0.05) is 18.1 Å². The molecule has 4 heteroatoms. The highest BCUT2D eigenvalue weighted by Crippen LogP contribution is 2.26. The third-order valence-corrected chi connectivity index (χ3v) is 3.11. The van der Waals surface area contributed by atoms with Crippen LogP contribution in [0, 0.1) is 13.8 Å². The van der Waals surface area contributed by atoms with Crippen LogP contribution < -0.4 is 4.87 Å². The van der Waals surface area contributed by atoms with Gasteiger partial charge in [0.05, 0.1) is 4.88 Å². The van der Waals surface area contributed by atoms with Crippen molar-refractivity contribution in [1.82, 2.24) is 9.97 Å². The summed E-state index contributed by atoms with van der Waals surface area (Å²) in [5.74, 6) is 0. The molecule has 2 rings (SSSR count). The van der Waals surface area contributed by atoms with Gasteiger partial charge >= 0.3 is 4.87 Å². The van der Waals surface area contributed by atoms with E-state index in [1.54, 1.807) is 12.4 Å². The van der Waals surface area contributed by atoms with Gasteiger partial charge in [0.2, 0.25) is 0 Å². The quantitative estimate of drug-likeness (QED) is 0.776. The van der Waals surface area contributed by atoms with Crippen molar-refractivity contribution in [2.75, 3.05) is 0 Å². The largest absolute Gasteiger partial charge is 0.316 e. The lowest BCUT2D eigenvalue weighted by Crippen LogP contribution is -1.91. The zero-order chi connectivity index (χ0) is 10.1. The zero-order valence-electron chi connectivity index (χ0n) is 8.00. The molecule has 0 amide bonds. The van der Waals surface area contributed by atoms with E-state index in [9.17, 15) is 4.79 Å². The van der Waals surface area contributed by atoms with Gasteiger partial charge in [-0.25, -0.2) is 0 Å². The summed E-state index contributed by atoms with van der Waals surface area (Å²) in [4.78, 5) is 18.9. The van der Waals surface area contributed by atoms with Gasteiger partial charge in [0.15, 0.2) is 0 Å². The van der Waals surface area contributed by atoms with Crippen LogP contribution in [-0.2, 0) is 0 Å². The van der Waals surface area contributed by atoms with Gasteiger partial charge in [-0.2, -0.15) is 0 Å².